The van der Waals surface area contributed by atoms with E-state index in [1.807, 2.05) is 0 Å². The summed E-state index contributed by atoms with van der Waals surface area (Å²) in [6.07, 6.45) is 0. The van der Waals surface area contributed by atoms with Gasteiger partial charge in [0.1, 0.15) is 0 Å². The van der Waals surface area contributed by atoms with Crippen LogP contribution in [0.4, 0.5) is 0 Å². The third-order valence-corrected chi connectivity index (χ3v) is 2.26. The van der Waals surface area contributed by atoms with Crippen molar-refractivity contribution in [3.8, 4) is 0 Å². The van der Waals surface area contributed by atoms with Crippen molar-refractivity contribution < 1.29 is 13.2 Å². The largest absolute Gasteiger partial charge is 0.303 e. The highest BCUT2D eigenvalue weighted by atomic mass is 32.2. The smallest absolute Gasteiger partial charge is 0.274 e. The fourth-order valence-electron chi connectivity index (χ4n) is 0.273. The lowest BCUT2D eigenvalue weighted by molar-refractivity contribution is -0.117. The maximum Gasteiger partial charge on any atom is 0.303 e. The van der Waals surface area contributed by atoms with E-state index < -0.39 is 16.1 Å². The molecule has 0 saturated heterocycles. The SMILES string of the molecule is CC(=O)NS(=O)(=O)N(C)C. The minimum atomic E-state index is -3.56. The van der Waals surface area contributed by atoms with Crippen LogP contribution in [0, 0.1) is 0 Å². The third-order valence-electron chi connectivity index (χ3n) is 0.753. The summed E-state index contributed by atoms with van der Waals surface area (Å²) in [5.74, 6) is -0.589. The summed E-state index contributed by atoms with van der Waals surface area (Å²) in [4.78, 5) is 10.2. The van der Waals surface area contributed by atoms with Gasteiger partial charge in [0.15, 0.2) is 0 Å². The van der Waals surface area contributed by atoms with Crippen molar-refractivity contribution in [2.45, 2.75) is 6.92 Å². The molecule has 0 aliphatic heterocycles. The maximum absolute atomic E-state index is 10.7. The van der Waals surface area contributed by atoms with Gasteiger partial charge in [0, 0.05) is 21.0 Å². The van der Waals surface area contributed by atoms with E-state index in [0.717, 1.165) is 11.2 Å². The molecule has 0 aromatic rings. The van der Waals surface area contributed by atoms with Crippen LogP contribution >= 0.6 is 0 Å². The van der Waals surface area contributed by atoms with Crippen molar-refractivity contribution in [3.63, 3.8) is 0 Å². The Hall–Kier alpha value is -0.620. The summed E-state index contributed by atoms with van der Waals surface area (Å²) < 4.78 is 24.2. The van der Waals surface area contributed by atoms with E-state index in [-0.39, 0.29) is 0 Å². The second kappa shape index (κ2) is 2.98. The second-order valence-electron chi connectivity index (χ2n) is 1.95. The van der Waals surface area contributed by atoms with Crippen LogP contribution in [0.2, 0.25) is 0 Å². The van der Waals surface area contributed by atoms with Gasteiger partial charge in [-0.1, -0.05) is 0 Å². The molecule has 0 atom stereocenters. The zero-order valence-corrected chi connectivity index (χ0v) is 6.90. The Bertz CT molecular complexity index is 219. The number of rotatable bonds is 2. The molecule has 0 heterocycles. The van der Waals surface area contributed by atoms with Gasteiger partial charge in [-0.15, -0.1) is 0 Å². The average molecular weight is 166 g/mol. The predicted octanol–water partition coefficient (Wildman–Crippen LogP) is -1.07. The minimum absolute atomic E-state index is 0.589. The van der Waals surface area contributed by atoms with E-state index in [1.54, 1.807) is 4.72 Å². The van der Waals surface area contributed by atoms with Gasteiger partial charge in [-0.3, -0.25) is 4.79 Å². The van der Waals surface area contributed by atoms with Gasteiger partial charge in [0.25, 0.3) is 0 Å². The fourth-order valence-corrected chi connectivity index (χ4v) is 0.819. The van der Waals surface area contributed by atoms with Gasteiger partial charge in [-0.05, 0) is 0 Å². The molecule has 0 aromatic heterocycles. The summed E-state index contributed by atoms with van der Waals surface area (Å²) in [5, 5.41) is 0. The van der Waals surface area contributed by atoms with Gasteiger partial charge in [0.05, 0.1) is 0 Å². The third kappa shape index (κ3) is 2.79. The molecule has 0 fully saturated rings. The van der Waals surface area contributed by atoms with Crippen molar-refractivity contribution in [2.24, 2.45) is 0 Å². The van der Waals surface area contributed by atoms with Crippen molar-refractivity contribution in [1.82, 2.24) is 9.03 Å². The summed E-state index contributed by atoms with van der Waals surface area (Å²) >= 11 is 0. The Morgan fingerprint density at radius 1 is 1.40 bits per heavy atom. The molecule has 1 N–H and O–H groups in total. The van der Waals surface area contributed by atoms with E-state index >= 15 is 0 Å². The molecule has 0 aromatic carbocycles. The van der Waals surface area contributed by atoms with Crippen LogP contribution in [-0.4, -0.2) is 32.7 Å². The Morgan fingerprint density at radius 3 is 1.90 bits per heavy atom. The Morgan fingerprint density at radius 2 is 1.80 bits per heavy atom. The number of carbonyl (C=O) groups is 1. The van der Waals surface area contributed by atoms with Crippen LogP contribution in [-0.2, 0) is 15.0 Å². The zero-order valence-electron chi connectivity index (χ0n) is 6.08. The molecule has 0 saturated carbocycles. The highest BCUT2D eigenvalue weighted by Gasteiger charge is 2.13. The topological polar surface area (TPSA) is 66.5 Å². The predicted molar refractivity (Wildman–Crippen MR) is 36.4 cm³/mol. The normalized spacial score (nSPS) is 11.6. The molecule has 0 aliphatic carbocycles. The summed E-state index contributed by atoms with van der Waals surface area (Å²) in [6.45, 7) is 1.14. The van der Waals surface area contributed by atoms with Crippen molar-refractivity contribution in [3.05, 3.63) is 0 Å². The fraction of sp³-hybridized carbons (Fsp3) is 0.750. The number of carbonyl (C=O) groups excluding carboxylic acids is 1. The van der Waals surface area contributed by atoms with Gasteiger partial charge in [-0.25, -0.2) is 4.72 Å². The zero-order chi connectivity index (χ0) is 8.36. The molecule has 0 aliphatic rings. The molecular formula is C4H10N2O3S. The van der Waals surface area contributed by atoms with E-state index in [2.05, 4.69) is 0 Å². The first-order chi connectivity index (χ1) is 4.36. The first kappa shape index (κ1) is 9.38. The molecule has 6 heteroatoms. The summed E-state index contributed by atoms with van der Waals surface area (Å²) in [6, 6.07) is 0. The maximum atomic E-state index is 10.7. The lowest BCUT2D eigenvalue weighted by atomic mass is 10.8. The minimum Gasteiger partial charge on any atom is -0.274 e. The first-order valence-electron chi connectivity index (χ1n) is 2.57. The highest BCUT2D eigenvalue weighted by Crippen LogP contribution is 1.86. The van der Waals surface area contributed by atoms with Gasteiger partial charge >= 0.3 is 10.2 Å². The molecule has 0 unspecified atom stereocenters. The van der Waals surface area contributed by atoms with Crippen LogP contribution in [0.3, 0.4) is 0 Å². The molecule has 0 radical (unpaired) electrons. The average Bonchev–Trinajstić information content (AvgIpc) is 1.60. The molecule has 60 valence electrons. The van der Waals surface area contributed by atoms with Crippen molar-refractivity contribution >= 4 is 16.1 Å². The highest BCUT2D eigenvalue weighted by molar-refractivity contribution is 7.87. The Balaban J connectivity index is 4.31. The molecule has 0 spiro atoms. The summed E-state index contributed by atoms with van der Waals surface area (Å²) in [7, 11) is -0.887. The molecule has 10 heavy (non-hydrogen) atoms. The monoisotopic (exact) mass is 166 g/mol. The first-order valence-corrected chi connectivity index (χ1v) is 4.01. The van der Waals surface area contributed by atoms with Gasteiger partial charge in [-0.2, -0.15) is 12.7 Å². The van der Waals surface area contributed by atoms with Gasteiger partial charge < -0.3 is 0 Å². The second-order valence-corrected chi connectivity index (χ2v) is 3.83. The number of nitrogens with zero attached hydrogens (tertiary/aromatic N) is 1. The van der Waals surface area contributed by atoms with E-state index in [9.17, 15) is 13.2 Å². The Labute approximate surface area is 60.2 Å². The van der Waals surface area contributed by atoms with Crippen LogP contribution in [0.15, 0.2) is 0 Å². The van der Waals surface area contributed by atoms with E-state index in [4.69, 9.17) is 0 Å². The molecule has 5 nitrogen and oxygen atoms in total. The quantitative estimate of drug-likeness (QED) is 0.568. The molecule has 1 amide bonds. The van der Waals surface area contributed by atoms with E-state index in [0.29, 0.717) is 0 Å². The van der Waals surface area contributed by atoms with Gasteiger partial charge in [0.2, 0.25) is 5.91 Å². The van der Waals surface area contributed by atoms with E-state index in [1.165, 1.54) is 14.1 Å². The lowest BCUT2D eigenvalue weighted by Gasteiger charge is -2.09. The molecule has 0 bridgehead atoms. The number of nitrogens with one attached hydrogen (secondary N) is 1. The number of hydrogen-bond donors (Lipinski definition) is 1. The number of amides is 1. The summed E-state index contributed by atoms with van der Waals surface area (Å²) in [5.41, 5.74) is 0. The standard InChI is InChI=1S/C4H10N2O3S/c1-4(7)5-10(8,9)6(2)3/h1-3H3,(H,5,7). The van der Waals surface area contributed by atoms with Crippen LogP contribution in [0.25, 0.3) is 0 Å². The Kier molecular flexibility index (Phi) is 2.79. The van der Waals surface area contributed by atoms with Crippen molar-refractivity contribution in [1.29, 1.82) is 0 Å². The molecular weight excluding hydrogens is 156 g/mol. The molecule has 0 rings (SSSR count). The van der Waals surface area contributed by atoms with Crippen LogP contribution in [0.5, 0.6) is 0 Å². The van der Waals surface area contributed by atoms with Crippen molar-refractivity contribution in [2.75, 3.05) is 14.1 Å². The van der Waals surface area contributed by atoms with Crippen LogP contribution < -0.4 is 4.72 Å². The lowest BCUT2D eigenvalue weighted by Crippen LogP contribution is -2.38. The van der Waals surface area contributed by atoms with Crippen LogP contribution in [0.1, 0.15) is 6.92 Å². The number of hydrogen-bond acceptors (Lipinski definition) is 3.